The summed E-state index contributed by atoms with van der Waals surface area (Å²) < 4.78 is 6.37. The molecule has 2 unspecified atom stereocenters. The molecule has 0 radical (unpaired) electrons. The van der Waals surface area contributed by atoms with Crippen molar-refractivity contribution in [1.29, 1.82) is 0 Å². The number of ether oxygens (including phenoxy) is 1. The molecule has 1 aromatic rings. The molecule has 1 aromatic carbocycles. The highest BCUT2D eigenvalue weighted by atomic mass is 35.5. The maximum absolute atomic E-state index is 6.37. The number of hydrogen-bond donors (Lipinski definition) is 1. The molecule has 1 N–H and O–H groups in total. The van der Waals surface area contributed by atoms with Gasteiger partial charge in [0, 0.05) is 22.9 Å². The van der Waals surface area contributed by atoms with Crippen LogP contribution in [0, 0.1) is 5.41 Å². The van der Waals surface area contributed by atoms with E-state index in [0.717, 1.165) is 23.6 Å². The van der Waals surface area contributed by atoms with E-state index < -0.39 is 0 Å². The maximum Gasteiger partial charge on any atom is 0.120 e. The van der Waals surface area contributed by atoms with Crippen molar-refractivity contribution in [1.82, 2.24) is 5.32 Å². The second-order valence-corrected chi connectivity index (χ2v) is 6.99. The van der Waals surface area contributed by atoms with E-state index in [0.29, 0.717) is 17.6 Å². The zero-order chi connectivity index (χ0) is 14.9. The van der Waals surface area contributed by atoms with Crippen LogP contribution in [0.1, 0.15) is 51.0 Å². The molecule has 2 fully saturated rings. The zero-order valence-corrected chi connectivity index (χ0v) is 13.9. The number of halogens is 1. The van der Waals surface area contributed by atoms with Crippen LogP contribution in [-0.4, -0.2) is 19.2 Å². The minimum atomic E-state index is 0.360. The molecule has 2 aliphatic carbocycles. The summed E-state index contributed by atoms with van der Waals surface area (Å²) in [5, 5.41) is 4.35. The maximum atomic E-state index is 6.37. The summed E-state index contributed by atoms with van der Waals surface area (Å²) in [5.41, 5.74) is 1.54. The number of rotatable bonds is 4. The molecule has 2 atom stereocenters. The Balaban J connectivity index is 1.75. The second kappa shape index (κ2) is 6.18. The molecule has 0 heterocycles. The van der Waals surface area contributed by atoms with Gasteiger partial charge in [-0.3, -0.25) is 0 Å². The minimum absolute atomic E-state index is 0.360. The van der Waals surface area contributed by atoms with Gasteiger partial charge in [-0.05, 0) is 50.1 Å². The van der Waals surface area contributed by atoms with Crippen LogP contribution in [0.25, 0.3) is 0 Å². The van der Waals surface area contributed by atoms with Gasteiger partial charge in [0.15, 0.2) is 0 Å². The molecular weight excluding hydrogens is 282 g/mol. The largest absolute Gasteiger partial charge is 0.490 e. The molecule has 3 heteroatoms. The molecule has 116 valence electrons. The van der Waals surface area contributed by atoms with Gasteiger partial charge in [0.05, 0.1) is 0 Å². The molecule has 3 rings (SSSR count). The van der Waals surface area contributed by atoms with Crippen LogP contribution in [-0.2, 0) is 6.42 Å². The molecule has 21 heavy (non-hydrogen) atoms. The Kier molecular flexibility index (Phi) is 4.46. The first-order valence-electron chi connectivity index (χ1n) is 8.32. The smallest absolute Gasteiger partial charge is 0.120 e. The molecular formula is C18H26ClNO. The normalized spacial score (nSPS) is 27.4. The van der Waals surface area contributed by atoms with Gasteiger partial charge in [0.25, 0.3) is 0 Å². The lowest BCUT2D eigenvalue weighted by Crippen LogP contribution is -2.64. The molecule has 0 saturated heterocycles. The Labute approximate surface area is 133 Å². The van der Waals surface area contributed by atoms with Crippen LogP contribution in [0.2, 0.25) is 5.02 Å². The Morgan fingerprint density at radius 2 is 2.05 bits per heavy atom. The summed E-state index contributed by atoms with van der Waals surface area (Å²) in [6, 6.07) is 6.73. The van der Waals surface area contributed by atoms with E-state index in [-0.39, 0.29) is 0 Å². The van der Waals surface area contributed by atoms with Gasteiger partial charge >= 0.3 is 0 Å². The third kappa shape index (κ3) is 2.68. The van der Waals surface area contributed by atoms with Crippen molar-refractivity contribution in [3.05, 3.63) is 28.8 Å². The zero-order valence-electron chi connectivity index (χ0n) is 13.1. The Morgan fingerprint density at radius 1 is 1.29 bits per heavy atom. The van der Waals surface area contributed by atoms with Gasteiger partial charge in [0.1, 0.15) is 11.9 Å². The lowest BCUT2D eigenvalue weighted by molar-refractivity contribution is -0.100. The Hall–Kier alpha value is -0.730. The molecule has 0 aromatic heterocycles. The van der Waals surface area contributed by atoms with Gasteiger partial charge in [-0.15, -0.1) is 0 Å². The van der Waals surface area contributed by atoms with Crippen molar-refractivity contribution in [2.45, 2.75) is 64.0 Å². The van der Waals surface area contributed by atoms with E-state index in [1.165, 1.54) is 37.7 Å². The summed E-state index contributed by atoms with van der Waals surface area (Å²) in [5.74, 6) is 0.987. The molecule has 1 spiro atoms. The first kappa shape index (κ1) is 15.2. The summed E-state index contributed by atoms with van der Waals surface area (Å²) in [4.78, 5) is 0. The number of nitrogens with one attached hydrogen (secondary N) is 1. The average molecular weight is 308 g/mol. The fourth-order valence-corrected chi connectivity index (χ4v) is 4.51. The van der Waals surface area contributed by atoms with E-state index in [1.54, 1.807) is 0 Å². The number of aryl methyl sites for hydroxylation is 1. The summed E-state index contributed by atoms with van der Waals surface area (Å²) >= 11 is 6.20. The molecule has 2 nitrogen and oxygen atoms in total. The van der Waals surface area contributed by atoms with Crippen LogP contribution >= 0.6 is 11.6 Å². The fourth-order valence-electron chi connectivity index (χ4n) is 4.26. The van der Waals surface area contributed by atoms with Crippen molar-refractivity contribution in [2.75, 3.05) is 7.05 Å². The van der Waals surface area contributed by atoms with Crippen LogP contribution < -0.4 is 10.1 Å². The SMILES string of the molecule is CCc1cc(OC2CC(NC)C23CCCCC3)ccc1Cl. The third-order valence-corrected chi connectivity index (χ3v) is 5.96. The predicted octanol–water partition coefficient (Wildman–Crippen LogP) is 4.59. The van der Waals surface area contributed by atoms with E-state index >= 15 is 0 Å². The number of benzene rings is 1. The van der Waals surface area contributed by atoms with Gasteiger partial charge < -0.3 is 10.1 Å². The van der Waals surface area contributed by atoms with Crippen LogP contribution in [0.15, 0.2) is 18.2 Å². The first-order chi connectivity index (χ1) is 10.2. The lowest BCUT2D eigenvalue weighted by Gasteiger charge is -2.57. The highest BCUT2D eigenvalue weighted by Crippen LogP contribution is 2.53. The third-order valence-electron chi connectivity index (χ3n) is 5.59. The standard InChI is InChI=1S/C18H26ClNO/c1-3-13-11-14(7-8-15(13)19)21-17-12-16(20-2)18(17)9-5-4-6-10-18/h7-8,11,16-17,20H,3-6,9-10,12H2,1-2H3. The summed E-state index contributed by atoms with van der Waals surface area (Å²) in [6.07, 6.45) is 9.12. The second-order valence-electron chi connectivity index (χ2n) is 6.58. The van der Waals surface area contributed by atoms with Gasteiger partial charge in [-0.25, -0.2) is 0 Å². The van der Waals surface area contributed by atoms with E-state index in [4.69, 9.17) is 16.3 Å². The van der Waals surface area contributed by atoms with Crippen molar-refractivity contribution in [2.24, 2.45) is 5.41 Å². The molecule has 2 aliphatic rings. The monoisotopic (exact) mass is 307 g/mol. The van der Waals surface area contributed by atoms with Gasteiger partial charge in [-0.1, -0.05) is 37.8 Å². The van der Waals surface area contributed by atoms with Crippen LogP contribution in [0.3, 0.4) is 0 Å². The highest BCUT2D eigenvalue weighted by Gasteiger charge is 2.55. The summed E-state index contributed by atoms with van der Waals surface area (Å²) in [7, 11) is 2.09. The van der Waals surface area contributed by atoms with E-state index in [9.17, 15) is 0 Å². The highest BCUT2D eigenvalue weighted by molar-refractivity contribution is 6.31. The minimum Gasteiger partial charge on any atom is -0.490 e. The van der Waals surface area contributed by atoms with Gasteiger partial charge in [0.2, 0.25) is 0 Å². The molecule has 2 saturated carbocycles. The van der Waals surface area contributed by atoms with Crippen molar-refractivity contribution < 1.29 is 4.74 Å². The topological polar surface area (TPSA) is 21.3 Å². The quantitative estimate of drug-likeness (QED) is 0.878. The van der Waals surface area contributed by atoms with Crippen molar-refractivity contribution in [3.8, 4) is 5.75 Å². The number of hydrogen-bond acceptors (Lipinski definition) is 2. The Morgan fingerprint density at radius 3 is 2.71 bits per heavy atom. The van der Waals surface area contributed by atoms with Crippen LogP contribution in [0.5, 0.6) is 5.75 Å². The molecule has 0 amide bonds. The van der Waals surface area contributed by atoms with Crippen molar-refractivity contribution in [3.63, 3.8) is 0 Å². The molecule has 0 bridgehead atoms. The average Bonchev–Trinajstić information content (AvgIpc) is 2.53. The Bertz CT molecular complexity index is 496. The predicted molar refractivity (Wildman–Crippen MR) is 88.2 cm³/mol. The van der Waals surface area contributed by atoms with Gasteiger partial charge in [-0.2, -0.15) is 0 Å². The first-order valence-corrected chi connectivity index (χ1v) is 8.70. The summed E-state index contributed by atoms with van der Waals surface area (Å²) in [6.45, 7) is 2.13. The van der Waals surface area contributed by atoms with Crippen LogP contribution in [0.4, 0.5) is 0 Å². The van der Waals surface area contributed by atoms with E-state index in [1.807, 2.05) is 12.1 Å². The van der Waals surface area contributed by atoms with E-state index in [2.05, 4.69) is 25.4 Å². The molecule has 0 aliphatic heterocycles. The van der Waals surface area contributed by atoms with Crippen molar-refractivity contribution >= 4 is 11.6 Å². The lowest BCUT2D eigenvalue weighted by atomic mass is 9.55. The fraction of sp³-hybridized carbons (Fsp3) is 0.667.